The molecular formula is C14H16N4O3S. The third-order valence-corrected chi connectivity index (χ3v) is 4.13. The molecule has 8 heteroatoms. The maximum atomic E-state index is 12.6. The van der Waals surface area contributed by atoms with Crippen molar-refractivity contribution in [1.82, 2.24) is 4.98 Å². The molecule has 0 saturated heterocycles. The quantitative estimate of drug-likeness (QED) is 0.582. The van der Waals surface area contributed by atoms with Crippen LogP contribution in [-0.2, 0) is 9.84 Å². The lowest BCUT2D eigenvalue weighted by Crippen LogP contribution is -2.41. The highest BCUT2D eigenvalue weighted by atomic mass is 32.2. The molecule has 2 aromatic rings. The molecule has 0 fully saturated rings. The number of rotatable bonds is 3. The van der Waals surface area contributed by atoms with E-state index in [-0.39, 0.29) is 10.5 Å². The predicted octanol–water partition coefficient (Wildman–Crippen LogP) is 1.27. The number of benzene rings is 1. The Kier molecular flexibility index (Phi) is 4.05. The van der Waals surface area contributed by atoms with E-state index < -0.39 is 21.7 Å². The van der Waals surface area contributed by atoms with E-state index in [1.807, 2.05) is 0 Å². The van der Waals surface area contributed by atoms with E-state index in [0.29, 0.717) is 5.69 Å². The first-order valence-electron chi connectivity index (χ1n) is 6.34. The summed E-state index contributed by atoms with van der Waals surface area (Å²) in [5, 5.41) is 7.61. The molecule has 0 aliphatic carbocycles. The van der Waals surface area contributed by atoms with Crippen LogP contribution < -0.4 is 10.6 Å². The van der Waals surface area contributed by atoms with Crippen molar-refractivity contribution in [2.75, 3.05) is 11.2 Å². The van der Waals surface area contributed by atoms with E-state index in [1.165, 1.54) is 24.3 Å². The first-order chi connectivity index (χ1) is 10.2. The van der Waals surface area contributed by atoms with E-state index in [0.717, 1.165) is 16.8 Å². The van der Waals surface area contributed by atoms with Crippen molar-refractivity contribution in [3.8, 4) is 0 Å². The molecule has 1 aromatic heterocycles. The monoisotopic (exact) mass is 320 g/mol. The fraction of sp³-hybridized carbons (Fsp3) is 0.143. The summed E-state index contributed by atoms with van der Waals surface area (Å²) in [5.41, 5.74) is 6.85. The normalized spacial score (nSPS) is 11.2. The third kappa shape index (κ3) is 3.17. The topological polar surface area (TPSA) is 120 Å². The van der Waals surface area contributed by atoms with Crippen molar-refractivity contribution in [3.05, 3.63) is 47.8 Å². The molecule has 0 bridgehead atoms. The van der Waals surface area contributed by atoms with Crippen LogP contribution in [0.2, 0.25) is 0 Å². The summed E-state index contributed by atoms with van der Waals surface area (Å²) < 4.78 is 23.2. The van der Waals surface area contributed by atoms with Crippen LogP contribution in [0.5, 0.6) is 0 Å². The molecule has 0 spiro atoms. The number of aromatic amines is 1. The van der Waals surface area contributed by atoms with Crippen molar-refractivity contribution in [2.24, 2.45) is 5.73 Å². The summed E-state index contributed by atoms with van der Waals surface area (Å²) in [4.78, 5) is 16.5. The van der Waals surface area contributed by atoms with Gasteiger partial charge in [0, 0.05) is 23.7 Å². The van der Waals surface area contributed by atoms with Gasteiger partial charge in [0.15, 0.2) is 15.8 Å². The zero-order valence-electron chi connectivity index (χ0n) is 12.1. The molecular weight excluding hydrogens is 304 g/mol. The minimum atomic E-state index is -3.43. The van der Waals surface area contributed by atoms with Gasteiger partial charge in [-0.3, -0.25) is 10.2 Å². The second kappa shape index (κ2) is 5.64. The Bertz CT molecular complexity index is 839. The second-order valence-corrected chi connectivity index (χ2v) is 6.88. The van der Waals surface area contributed by atoms with Crippen LogP contribution in [0.25, 0.3) is 0 Å². The lowest BCUT2D eigenvalue weighted by Gasteiger charge is -2.19. The molecule has 1 amide bonds. The molecule has 4 N–H and O–H groups in total. The van der Waals surface area contributed by atoms with Gasteiger partial charge in [-0.05, 0) is 31.2 Å². The van der Waals surface area contributed by atoms with E-state index >= 15 is 0 Å². The number of nitrogens with one attached hydrogen (secondary N) is 2. The number of guanidine groups is 1. The number of carbonyl (C=O) groups is 1. The number of aryl methyl sites for hydroxylation is 1. The van der Waals surface area contributed by atoms with Gasteiger partial charge in [0.2, 0.25) is 0 Å². The Morgan fingerprint density at radius 2 is 2.00 bits per heavy atom. The molecule has 0 aliphatic rings. The van der Waals surface area contributed by atoms with Crippen molar-refractivity contribution < 1.29 is 13.2 Å². The van der Waals surface area contributed by atoms with Crippen LogP contribution in [0.4, 0.5) is 5.69 Å². The molecule has 0 atom stereocenters. The minimum absolute atomic E-state index is 0.0344. The number of hydrogen-bond donors (Lipinski definition) is 3. The number of nitrogens with two attached hydrogens (primary N) is 1. The molecule has 116 valence electrons. The largest absolute Gasteiger partial charge is 0.369 e. The maximum absolute atomic E-state index is 12.6. The average molecular weight is 320 g/mol. The van der Waals surface area contributed by atoms with E-state index in [2.05, 4.69) is 4.98 Å². The summed E-state index contributed by atoms with van der Waals surface area (Å²) in [6, 6.07) is 7.30. The van der Waals surface area contributed by atoms with Crippen molar-refractivity contribution in [2.45, 2.75) is 11.8 Å². The lowest BCUT2D eigenvalue weighted by atomic mass is 10.2. The van der Waals surface area contributed by atoms with Crippen LogP contribution in [0.1, 0.15) is 16.1 Å². The van der Waals surface area contributed by atoms with E-state index in [4.69, 9.17) is 11.1 Å². The maximum Gasteiger partial charge on any atom is 0.265 e. The molecule has 7 nitrogen and oxygen atoms in total. The van der Waals surface area contributed by atoms with Gasteiger partial charge in [-0.2, -0.15) is 0 Å². The zero-order valence-corrected chi connectivity index (χ0v) is 12.9. The van der Waals surface area contributed by atoms with Gasteiger partial charge in [0.25, 0.3) is 5.91 Å². The molecule has 2 rings (SSSR count). The smallest absolute Gasteiger partial charge is 0.265 e. The highest BCUT2D eigenvalue weighted by Gasteiger charge is 2.22. The molecule has 0 saturated carbocycles. The predicted molar refractivity (Wildman–Crippen MR) is 83.8 cm³/mol. The van der Waals surface area contributed by atoms with Gasteiger partial charge in [0.05, 0.1) is 10.6 Å². The zero-order chi connectivity index (χ0) is 16.5. The Morgan fingerprint density at radius 1 is 1.32 bits per heavy atom. The van der Waals surface area contributed by atoms with Crippen molar-refractivity contribution in [1.29, 1.82) is 5.41 Å². The van der Waals surface area contributed by atoms with Crippen LogP contribution in [0.15, 0.2) is 41.4 Å². The fourth-order valence-electron chi connectivity index (χ4n) is 1.98. The lowest BCUT2D eigenvalue weighted by molar-refractivity contribution is 0.100. The standard InChI is InChI=1S/C14H16N4O3S/c1-9-6-11(8-17-9)18(14(15)16)13(19)10-4-3-5-12(7-10)22(2,20)21/h3-8,17H,1-2H3,(H3,15,16). The first-order valence-corrected chi connectivity index (χ1v) is 8.23. The van der Waals surface area contributed by atoms with Gasteiger partial charge in [0.1, 0.15) is 0 Å². The summed E-state index contributed by atoms with van der Waals surface area (Å²) in [6.07, 6.45) is 2.61. The molecule has 1 aromatic carbocycles. The number of nitrogens with zero attached hydrogens (tertiary/aromatic N) is 1. The number of carbonyl (C=O) groups excluding carboxylic acids is 1. The Morgan fingerprint density at radius 3 is 2.50 bits per heavy atom. The SMILES string of the molecule is Cc1cc(N(C(=N)N)C(=O)c2cccc(S(C)(=O)=O)c2)c[nH]1. The summed E-state index contributed by atoms with van der Waals surface area (Å²) in [5.74, 6) is -1.02. The highest BCUT2D eigenvalue weighted by molar-refractivity contribution is 7.90. The minimum Gasteiger partial charge on any atom is -0.369 e. The number of hydrogen-bond acceptors (Lipinski definition) is 4. The Labute approximate surface area is 128 Å². The average Bonchev–Trinajstić information content (AvgIpc) is 2.84. The van der Waals surface area contributed by atoms with Crippen LogP contribution in [0, 0.1) is 12.3 Å². The van der Waals surface area contributed by atoms with Gasteiger partial charge in [-0.25, -0.2) is 13.3 Å². The van der Waals surface area contributed by atoms with Gasteiger partial charge in [-0.15, -0.1) is 0 Å². The number of H-pyrrole nitrogens is 1. The molecule has 0 radical (unpaired) electrons. The summed E-state index contributed by atoms with van der Waals surface area (Å²) in [7, 11) is -3.43. The number of amides is 1. The number of anilines is 1. The molecule has 0 unspecified atom stereocenters. The molecule has 0 aliphatic heterocycles. The number of sulfone groups is 1. The molecule has 22 heavy (non-hydrogen) atoms. The Balaban J connectivity index is 2.47. The van der Waals surface area contributed by atoms with Gasteiger partial charge >= 0.3 is 0 Å². The van der Waals surface area contributed by atoms with Gasteiger partial charge < -0.3 is 10.7 Å². The van der Waals surface area contributed by atoms with Crippen molar-refractivity contribution in [3.63, 3.8) is 0 Å². The fourth-order valence-corrected chi connectivity index (χ4v) is 2.64. The van der Waals surface area contributed by atoms with Crippen molar-refractivity contribution >= 4 is 27.4 Å². The van der Waals surface area contributed by atoms with E-state index in [9.17, 15) is 13.2 Å². The van der Waals surface area contributed by atoms with E-state index in [1.54, 1.807) is 19.2 Å². The number of aromatic nitrogens is 1. The second-order valence-electron chi connectivity index (χ2n) is 4.87. The van der Waals surface area contributed by atoms with Crippen LogP contribution >= 0.6 is 0 Å². The van der Waals surface area contributed by atoms with Gasteiger partial charge in [-0.1, -0.05) is 6.07 Å². The van der Waals surface area contributed by atoms with Crippen LogP contribution in [0.3, 0.4) is 0 Å². The Hall–Kier alpha value is -2.61. The molecule has 1 heterocycles. The third-order valence-electron chi connectivity index (χ3n) is 3.02. The first kappa shape index (κ1) is 15.8. The summed E-state index contributed by atoms with van der Waals surface area (Å²) in [6.45, 7) is 1.80. The van der Waals surface area contributed by atoms with Crippen LogP contribution in [-0.4, -0.2) is 31.5 Å². The highest BCUT2D eigenvalue weighted by Crippen LogP contribution is 2.19. The summed E-state index contributed by atoms with van der Waals surface area (Å²) >= 11 is 0.